The second-order valence-corrected chi connectivity index (χ2v) is 14.4. The van der Waals surface area contributed by atoms with E-state index < -0.39 is 13.1 Å². The first-order valence-corrected chi connectivity index (χ1v) is 17.0. The van der Waals surface area contributed by atoms with Crippen molar-refractivity contribution in [2.45, 2.75) is 104 Å². The van der Waals surface area contributed by atoms with E-state index in [0.29, 0.717) is 11.8 Å². The van der Waals surface area contributed by atoms with Crippen molar-refractivity contribution in [3.8, 4) is 0 Å². The molecule has 1 aromatic rings. The summed E-state index contributed by atoms with van der Waals surface area (Å²) >= 11 is 1.98. The Labute approximate surface area is 280 Å². The number of aryl methyl sites for hydroxylation is 1. The van der Waals surface area contributed by atoms with Gasteiger partial charge in [0.05, 0.1) is 0 Å². The van der Waals surface area contributed by atoms with E-state index >= 15 is 0 Å². The van der Waals surface area contributed by atoms with Crippen LogP contribution in [0.2, 0.25) is 0 Å². The Morgan fingerprint density at radius 1 is 1.14 bits per heavy atom. The van der Waals surface area contributed by atoms with Crippen molar-refractivity contribution < 1.29 is 29.0 Å². The van der Waals surface area contributed by atoms with E-state index in [1.165, 1.54) is 60.2 Å². The van der Waals surface area contributed by atoms with E-state index in [-0.39, 0.29) is 37.8 Å². The smallest absolute Gasteiger partial charge is 0.179 e. The average Bonchev–Trinajstić information content (AvgIpc) is 3.60. The number of fused-ring (bicyclic) bond motifs is 6. The van der Waals surface area contributed by atoms with Crippen LogP contribution in [0.25, 0.3) is 10.6 Å². The molecule has 7 aliphatic rings. The molecule has 6 heteroatoms. The van der Waals surface area contributed by atoms with E-state index in [1.807, 2.05) is 17.4 Å². The summed E-state index contributed by atoms with van der Waals surface area (Å²) in [5, 5.41) is 9.71. The number of hydrogen-bond acceptors (Lipinski definition) is 3. The second kappa shape index (κ2) is 13.2. The van der Waals surface area contributed by atoms with Crippen molar-refractivity contribution >= 4 is 17.0 Å². The van der Waals surface area contributed by atoms with Crippen molar-refractivity contribution in [2.24, 2.45) is 28.7 Å². The van der Waals surface area contributed by atoms with Crippen LogP contribution in [-0.4, -0.2) is 24.5 Å². The number of aliphatic imine (C=N–C) groups is 1. The molecule has 0 spiro atoms. The molecule has 1 aromatic heterocycles. The first-order chi connectivity index (χ1) is 21.7. The Bertz CT molecular complexity index is 1520. The molecule has 1 fully saturated rings. The minimum atomic E-state index is -2.20. The quantitative estimate of drug-likeness (QED) is 0.277. The number of thiophene rings is 1. The van der Waals surface area contributed by atoms with Gasteiger partial charge < -0.3 is 21.1 Å². The van der Waals surface area contributed by atoms with E-state index in [4.69, 9.17) is 14.2 Å². The molecule has 0 saturated carbocycles. The zero-order valence-electron chi connectivity index (χ0n) is 28.6. The van der Waals surface area contributed by atoms with Gasteiger partial charge in [-0.1, -0.05) is 63.5 Å². The van der Waals surface area contributed by atoms with Crippen LogP contribution in [-0.2, 0) is 50.6 Å². The third kappa shape index (κ3) is 6.32. The predicted octanol–water partition coefficient (Wildman–Crippen LogP) is 9.29. The summed E-state index contributed by atoms with van der Waals surface area (Å²) in [7, 11) is 0. The molecule has 43 heavy (non-hydrogen) atoms. The third-order valence-corrected chi connectivity index (χ3v) is 11.5. The van der Waals surface area contributed by atoms with Crippen molar-refractivity contribution in [3.05, 3.63) is 96.5 Å². The fourth-order valence-electron chi connectivity index (χ4n) is 7.28. The molecule has 0 aromatic carbocycles. The van der Waals surface area contributed by atoms with Gasteiger partial charge in [-0.3, -0.25) is 6.08 Å². The Morgan fingerprint density at radius 3 is 2.84 bits per heavy atom. The summed E-state index contributed by atoms with van der Waals surface area (Å²) in [6.07, 6.45) is 23.9. The summed E-state index contributed by atoms with van der Waals surface area (Å²) in [4.78, 5) is 7.49. The van der Waals surface area contributed by atoms with Crippen LogP contribution in [0.15, 0.2) is 57.5 Å². The maximum Gasteiger partial charge on any atom is 0.179 e. The second-order valence-electron chi connectivity index (χ2n) is 13.2. The average molecular weight is 775 g/mol. The SMILES string of the molecule is C[C@H]1C[C-]=C(C2=C[C@H](C)[C@H](C)C[N-]2)CC1.[2H]C([2H])([2H])C1=NC2OC3=C([C@H]4Cc5c(sc6c5CCCC6)C[N-]4)[CH-]CC=C3C2C=C1.[Ir]. The van der Waals surface area contributed by atoms with Crippen LogP contribution in [0.1, 0.15) is 91.1 Å². The van der Waals surface area contributed by atoms with Crippen molar-refractivity contribution in [2.75, 3.05) is 6.54 Å². The molecule has 233 valence electrons. The Balaban J connectivity index is 0.000000197. The van der Waals surface area contributed by atoms with Crippen LogP contribution in [0.5, 0.6) is 0 Å². The normalized spacial score (nSPS) is 33.6. The van der Waals surface area contributed by atoms with Gasteiger partial charge in [-0.2, -0.15) is 11.6 Å². The van der Waals surface area contributed by atoms with E-state index in [1.54, 1.807) is 22.1 Å². The zero-order valence-corrected chi connectivity index (χ0v) is 28.8. The minimum Gasteiger partial charge on any atom is -0.769 e. The van der Waals surface area contributed by atoms with Gasteiger partial charge >= 0.3 is 0 Å². The number of allylic oxidation sites excluding steroid dienone is 6. The maximum atomic E-state index is 7.66. The third-order valence-electron chi connectivity index (χ3n) is 10.1. The molecule has 1 radical (unpaired) electrons. The first-order valence-electron chi connectivity index (χ1n) is 17.6. The number of hydrogen-bond donors (Lipinski definition) is 0. The zero-order chi connectivity index (χ0) is 31.3. The van der Waals surface area contributed by atoms with E-state index in [2.05, 4.69) is 55.7 Å². The van der Waals surface area contributed by atoms with Crippen LogP contribution >= 0.6 is 11.3 Å². The molecule has 5 heterocycles. The van der Waals surface area contributed by atoms with Gasteiger partial charge in [0.25, 0.3) is 0 Å². The molecule has 0 bridgehead atoms. The Hall–Kier alpha value is -1.85. The molecular formula is C37H45IrN3OS-4. The molecule has 8 rings (SSSR count). The van der Waals surface area contributed by atoms with Gasteiger partial charge in [0.2, 0.25) is 0 Å². The van der Waals surface area contributed by atoms with Gasteiger partial charge in [0.15, 0.2) is 6.23 Å². The molecule has 2 unspecified atom stereocenters. The molecule has 4 aliphatic heterocycles. The first kappa shape index (κ1) is 27.5. The maximum absolute atomic E-state index is 7.66. The Kier molecular flexibility index (Phi) is 8.46. The van der Waals surface area contributed by atoms with Crippen molar-refractivity contribution in [1.29, 1.82) is 0 Å². The molecular weight excluding hydrogens is 727 g/mol. The van der Waals surface area contributed by atoms with E-state index in [9.17, 15) is 0 Å². The molecule has 4 nitrogen and oxygen atoms in total. The monoisotopic (exact) mass is 775 g/mol. The van der Waals surface area contributed by atoms with Gasteiger partial charge in [-0.15, -0.1) is 43.0 Å². The van der Waals surface area contributed by atoms with Crippen molar-refractivity contribution in [3.63, 3.8) is 0 Å². The van der Waals surface area contributed by atoms with Crippen molar-refractivity contribution in [1.82, 2.24) is 0 Å². The molecule has 0 amide bonds. The van der Waals surface area contributed by atoms with Crippen LogP contribution in [0.4, 0.5) is 0 Å². The van der Waals surface area contributed by atoms with Crippen LogP contribution < -0.4 is 0 Å². The molecule has 0 N–H and O–H groups in total. The topological polar surface area (TPSA) is 49.8 Å². The van der Waals surface area contributed by atoms with Gasteiger partial charge in [-0.05, 0) is 72.7 Å². The van der Waals surface area contributed by atoms with Gasteiger partial charge in [0.1, 0.15) is 0 Å². The summed E-state index contributed by atoms with van der Waals surface area (Å²) in [6, 6.07) is 0.118. The summed E-state index contributed by atoms with van der Waals surface area (Å²) in [5.74, 6) is 3.08. The molecule has 1 saturated heterocycles. The van der Waals surface area contributed by atoms with E-state index in [0.717, 1.165) is 49.6 Å². The summed E-state index contributed by atoms with van der Waals surface area (Å²) in [5.41, 5.74) is 8.22. The summed E-state index contributed by atoms with van der Waals surface area (Å²) in [6.45, 7) is 6.47. The van der Waals surface area contributed by atoms with Gasteiger partial charge in [-0.25, -0.2) is 17.0 Å². The minimum absolute atomic E-state index is 0. The standard InChI is InChI=1S/C23H24N2OS.C14H21N.Ir/c1-13-9-10-16-15-6-4-7-17(22(15)26-23(16)25-13)19-11-18-14-5-2-3-8-20(14)27-21(18)12-24-19;1-10-4-6-13(7-5-10)14-8-11(2)12(3)9-15-14;/h6-7,9-10,16,19,23H,2-5,8,11-12H2,1H3;8,10-12H,4-6,9H2,1-3H3;/q2*-2;/t16?,19-,23?;10-,11+,12-;/m11./s1/i1D3;;. The Morgan fingerprint density at radius 2 is 2.02 bits per heavy atom. The number of dihydropyridines is 1. The molecule has 3 aliphatic carbocycles. The number of rotatable bonds is 2. The van der Waals surface area contributed by atoms with Crippen LogP contribution in [0, 0.1) is 36.2 Å². The largest absolute Gasteiger partial charge is 0.769 e. The van der Waals surface area contributed by atoms with Gasteiger partial charge in [0, 0.05) is 40.7 Å². The fraction of sp³-hybridized carbons (Fsp3) is 0.568. The number of nitrogens with zero attached hydrogens (tertiary/aromatic N) is 3. The van der Waals surface area contributed by atoms with Crippen LogP contribution in [0.3, 0.4) is 0 Å². The molecule has 6 atom stereocenters. The fourth-order valence-corrected chi connectivity index (χ4v) is 8.64. The summed E-state index contributed by atoms with van der Waals surface area (Å²) < 4.78 is 29.3. The predicted molar refractivity (Wildman–Crippen MR) is 175 cm³/mol. The number of ether oxygens (including phenoxy) is 1.